The summed E-state index contributed by atoms with van der Waals surface area (Å²) in [5.41, 5.74) is 0.505. The van der Waals surface area contributed by atoms with Crippen molar-refractivity contribution in [2.45, 2.75) is 6.18 Å². The Hall–Kier alpha value is -2.05. The molecule has 3 rings (SSSR count). The highest BCUT2D eigenvalue weighted by molar-refractivity contribution is 6.31. The Morgan fingerprint density at radius 2 is 1.65 bits per heavy atom. The first kappa shape index (κ1) is 18.7. The molecule has 1 fully saturated rings. The Morgan fingerprint density at radius 3 is 2.31 bits per heavy atom. The summed E-state index contributed by atoms with van der Waals surface area (Å²) in [6.07, 6.45) is -4.53. The van der Waals surface area contributed by atoms with Crippen molar-refractivity contribution in [2.24, 2.45) is 0 Å². The molecule has 2 aromatic rings. The molecule has 0 spiro atoms. The van der Waals surface area contributed by atoms with Crippen LogP contribution >= 0.6 is 11.6 Å². The summed E-state index contributed by atoms with van der Waals surface area (Å²) in [7, 11) is 2.00. The lowest BCUT2D eigenvalue weighted by atomic mass is 10.00. The molecule has 1 amide bonds. The molecule has 3 nitrogen and oxygen atoms in total. The van der Waals surface area contributed by atoms with Crippen LogP contribution in [0, 0.1) is 0 Å². The number of alkyl halides is 3. The van der Waals surface area contributed by atoms with Gasteiger partial charge in [-0.25, -0.2) is 0 Å². The molecule has 2 aromatic carbocycles. The summed E-state index contributed by atoms with van der Waals surface area (Å²) in [6.45, 7) is 2.88. The van der Waals surface area contributed by atoms with Gasteiger partial charge >= 0.3 is 6.18 Å². The van der Waals surface area contributed by atoms with Gasteiger partial charge in [-0.2, -0.15) is 13.2 Å². The van der Waals surface area contributed by atoms with Gasteiger partial charge in [-0.05, 0) is 42.4 Å². The van der Waals surface area contributed by atoms with E-state index in [0.717, 1.165) is 19.2 Å². The number of rotatable bonds is 2. The van der Waals surface area contributed by atoms with Gasteiger partial charge in [0.15, 0.2) is 0 Å². The van der Waals surface area contributed by atoms with Gasteiger partial charge in [-0.1, -0.05) is 29.8 Å². The van der Waals surface area contributed by atoms with Crippen molar-refractivity contribution in [3.05, 3.63) is 58.6 Å². The van der Waals surface area contributed by atoms with E-state index in [9.17, 15) is 18.0 Å². The van der Waals surface area contributed by atoms with Gasteiger partial charge in [0.2, 0.25) is 0 Å². The van der Waals surface area contributed by atoms with E-state index in [1.807, 2.05) is 7.05 Å². The van der Waals surface area contributed by atoms with Crippen molar-refractivity contribution in [1.82, 2.24) is 9.80 Å². The first-order chi connectivity index (χ1) is 12.3. The van der Waals surface area contributed by atoms with Crippen LogP contribution < -0.4 is 0 Å². The van der Waals surface area contributed by atoms with E-state index in [1.165, 1.54) is 12.1 Å². The summed E-state index contributed by atoms with van der Waals surface area (Å²) in [4.78, 5) is 16.6. The molecule has 7 heteroatoms. The Bertz CT molecular complexity index is 815. The lowest BCUT2D eigenvalue weighted by Crippen LogP contribution is -2.47. The number of nitrogens with zero attached hydrogens (tertiary/aromatic N) is 2. The molecule has 1 aliphatic rings. The summed E-state index contributed by atoms with van der Waals surface area (Å²) in [5, 5.41) is -0.342. The lowest BCUT2D eigenvalue weighted by Gasteiger charge is -2.32. The average molecular weight is 383 g/mol. The quantitative estimate of drug-likeness (QED) is 0.768. The minimum absolute atomic E-state index is 0.107. The smallest absolute Gasteiger partial charge is 0.336 e. The van der Waals surface area contributed by atoms with E-state index in [0.29, 0.717) is 29.8 Å². The van der Waals surface area contributed by atoms with Crippen LogP contribution in [0.2, 0.25) is 5.02 Å². The van der Waals surface area contributed by atoms with E-state index in [-0.39, 0.29) is 10.9 Å². The molecule has 0 saturated carbocycles. The largest absolute Gasteiger partial charge is 0.417 e. The van der Waals surface area contributed by atoms with Crippen LogP contribution in [0.5, 0.6) is 0 Å². The second kappa shape index (κ2) is 7.29. The van der Waals surface area contributed by atoms with Crippen molar-refractivity contribution in [3.63, 3.8) is 0 Å². The van der Waals surface area contributed by atoms with E-state index in [4.69, 9.17) is 11.6 Å². The average Bonchev–Trinajstić information content (AvgIpc) is 2.61. The van der Waals surface area contributed by atoms with Crippen molar-refractivity contribution >= 4 is 17.5 Å². The Balaban J connectivity index is 1.89. The zero-order chi connectivity index (χ0) is 18.9. The Labute approximate surface area is 155 Å². The summed E-state index contributed by atoms with van der Waals surface area (Å²) in [6, 6.07) is 10.5. The summed E-state index contributed by atoms with van der Waals surface area (Å²) in [5.74, 6) is -0.107. The lowest BCUT2D eigenvalue weighted by molar-refractivity contribution is -0.137. The topological polar surface area (TPSA) is 23.6 Å². The molecule has 1 saturated heterocycles. The van der Waals surface area contributed by atoms with Gasteiger partial charge < -0.3 is 9.80 Å². The molecule has 0 aliphatic carbocycles. The third-order valence-electron chi connectivity index (χ3n) is 4.51. The van der Waals surface area contributed by atoms with Gasteiger partial charge in [0.05, 0.1) is 10.6 Å². The highest BCUT2D eigenvalue weighted by Gasteiger charge is 2.33. The maximum absolute atomic E-state index is 13.1. The Kier molecular flexibility index (Phi) is 5.25. The number of hydrogen-bond acceptors (Lipinski definition) is 2. The molecular weight excluding hydrogens is 365 g/mol. The van der Waals surface area contributed by atoms with Crippen LogP contribution in [0.3, 0.4) is 0 Å². The van der Waals surface area contributed by atoms with Crippen molar-refractivity contribution in [2.75, 3.05) is 33.2 Å². The predicted octanol–water partition coefficient (Wildman–Crippen LogP) is 4.41. The van der Waals surface area contributed by atoms with Crippen LogP contribution in [0.1, 0.15) is 15.9 Å². The van der Waals surface area contributed by atoms with Gasteiger partial charge in [0, 0.05) is 31.7 Å². The second-order valence-corrected chi connectivity index (χ2v) is 6.78. The standard InChI is InChI=1S/C19H18ClF3N2O/c1-24-7-9-25(10-8-24)18(26)15-4-2-3-13(11-15)14-5-6-17(20)16(12-14)19(21,22)23/h2-6,11-12H,7-10H2,1H3. The van der Waals surface area contributed by atoms with Crippen molar-refractivity contribution in [3.8, 4) is 11.1 Å². The maximum atomic E-state index is 13.1. The molecule has 26 heavy (non-hydrogen) atoms. The summed E-state index contributed by atoms with van der Waals surface area (Å²) >= 11 is 5.68. The fraction of sp³-hybridized carbons (Fsp3) is 0.316. The highest BCUT2D eigenvalue weighted by Crippen LogP contribution is 2.37. The molecule has 0 atom stereocenters. The zero-order valence-corrected chi connectivity index (χ0v) is 14.9. The fourth-order valence-corrected chi connectivity index (χ4v) is 3.17. The van der Waals surface area contributed by atoms with E-state index < -0.39 is 11.7 Å². The van der Waals surface area contributed by atoms with Crippen LogP contribution in [-0.2, 0) is 6.18 Å². The van der Waals surface area contributed by atoms with Gasteiger partial charge in [0.1, 0.15) is 0 Å². The van der Waals surface area contributed by atoms with Crippen molar-refractivity contribution in [1.29, 1.82) is 0 Å². The number of carbonyl (C=O) groups excluding carboxylic acids is 1. The molecular formula is C19H18ClF3N2O. The first-order valence-electron chi connectivity index (χ1n) is 8.21. The number of benzene rings is 2. The molecule has 1 aliphatic heterocycles. The van der Waals surface area contributed by atoms with E-state index in [2.05, 4.69) is 4.90 Å². The molecule has 1 heterocycles. The van der Waals surface area contributed by atoms with E-state index >= 15 is 0 Å². The second-order valence-electron chi connectivity index (χ2n) is 6.37. The monoisotopic (exact) mass is 382 g/mol. The molecule has 0 N–H and O–H groups in total. The number of piperazine rings is 1. The predicted molar refractivity (Wildman–Crippen MR) is 95.3 cm³/mol. The third kappa shape index (κ3) is 4.02. The number of carbonyl (C=O) groups is 1. The van der Waals surface area contributed by atoms with Crippen molar-refractivity contribution < 1.29 is 18.0 Å². The molecule has 0 aromatic heterocycles. The first-order valence-corrected chi connectivity index (χ1v) is 8.58. The fourth-order valence-electron chi connectivity index (χ4n) is 2.95. The molecule has 0 radical (unpaired) electrons. The minimum atomic E-state index is -4.53. The zero-order valence-electron chi connectivity index (χ0n) is 14.2. The van der Waals surface area contributed by atoms with Gasteiger partial charge in [0.25, 0.3) is 5.91 Å². The van der Waals surface area contributed by atoms with Crippen LogP contribution in [0.15, 0.2) is 42.5 Å². The number of amides is 1. The van der Waals surface area contributed by atoms with Crippen LogP contribution in [0.4, 0.5) is 13.2 Å². The Morgan fingerprint density at radius 1 is 1.00 bits per heavy atom. The highest BCUT2D eigenvalue weighted by atomic mass is 35.5. The normalized spacial score (nSPS) is 16.0. The third-order valence-corrected chi connectivity index (χ3v) is 4.83. The SMILES string of the molecule is CN1CCN(C(=O)c2cccc(-c3ccc(Cl)c(C(F)(F)F)c3)c2)CC1. The minimum Gasteiger partial charge on any atom is -0.336 e. The van der Waals surface area contributed by atoms with Crippen LogP contribution in [0.25, 0.3) is 11.1 Å². The molecule has 0 bridgehead atoms. The number of hydrogen-bond donors (Lipinski definition) is 0. The van der Waals surface area contributed by atoms with Gasteiger partial charge in [-0.15, -0.1) is 0 Å². The van der Waals surface area contributed by atoms with Gasteiger partial charge in [-0.3, -0.25) is 4.79 Å². The van der Waals surface area contributed by atoms with Crippen LogP contribution in [-0.4, -0.2) is 48.9 Å². The maximum Gasteiger partial charge on any atom is 0.417 e. The summed E-state index contributed by atoms with van der Waals surface area (Å²) < 4.78 is 39.2. The van der Waals surface area contributed by atoms with E-state index in [1.54, 1.807) is 29.2 Å². The molecule has 0 unspecified atom stereocenters. The number of likely N-dealkylation sites (N-methyl/N-ethyl adjacent to an activating group) is 1. The molecule has 138 valence electrons. The number of halogens is 4.